The monoisotopic (exact) mass is 367 g/mol. The quantitative estimate of drug-likeness (QED) is 0.682. The van der Waals surface area contributed by atoms with Crippen molar-refractivity contribution in [3.8, 4) is 11.5 Å². The summed E-state index contributed by atoms with van der Waals surface area (Å²) in [6.07, 6.45) is 0.345. The Labute approximate surface area is 156 Å². The average molecular weight is 368 g/mol. The number of aromatic nitrogens is 2. The number of rotatable bonds is 3. The first-order valence-electron chi connectivity index (χ1n) is 8.49. The van der Waals surface area contributed by atoms with Gasteiger partial charge in [0.2, 0.25) is 5.91 Å². The minimum Gasteiger partial charge on any atom is -0.334 e. The van der Waals surface area contributed by atoms with Crippen molar-refractivity contribution >= 4 is 23.2 Å². The van der Waals surface area contributed by atoms with Crippen LogP contribution in [0.25, 0.3) is 11.5 Å². The fourth-order valence-corrected chi connectivity index (χ4v) is 3.60. The number of aryl methyl sites for hydroxylation is 2. The van der Waals surface area contributed by atoms with Gasteiger partial charge in [0.15, 0.2) is 5.82 Å². The second-order valence-electron chi connectivity index (χ2n) is 6.63. The highest BCUT2D eigenvalue weighted by molar-refractivity contribution is 6.34. The van der Waals surface area contributed by atoms with Crippen LogP contribution in [0.1, 0.15) is 29.3 Å². The van der Waals surface area contributed by atoms with Crippen LogP contribution in [0, 0.1) is 13.8 Å². The maximum atomic E-state index is 12.6. The zero-order valence-corrected chi connectivity index (χ0v) is 15.3. The van der Waals surface area contributed by atoms with Gasteiger partial charge in [-0.2, -0.15) is 4.98 Å². The fraction of sp³-hybridized carbons (Fsp3) is 0.250. The Morgan fingerprint density at radius 1 is 1.15 bits per heavy atom. The molecule has 4 rings (SSSR count). The van der Waals surface area contributed by atoms with E-state index in [9.17, 15) is 4.79 Å². The molecular weight excluding hydrogens is 350 g/mol. The van der Waals surface area contributed by atoms with Crippen molar-refractivity contribution in [3.05, 3.63) is 64.4 Å². The molecule has 1 aliphatic heterocycles. The Balaban J connectivity index is 1.59. The van der Waals surface area contributed by atoms with E-state index in [1.54, 1.807) is 11.0 Å². The van der Waals surface area contributed by atoms with Gasteiger partial charge in [0.05, 0.1) is 10.7 Å². The second kappa shape index (κ2) is 6.57. The third-order valence-electron chi connectivity index (χ3n) is 4.69. The van der Waals surface area contributed by atoms with Crippen LogP contribution < -0.4 is 4.90 Å². The number of anilines is 1. The van der Waals surface area contributed by atoms with E-state index in [1.807, 2.05) is 50.2 Å². The lowest BCUT2D eigenvalue weighted by molar-refractivity contribution is -0.117. The maximum absolute atomic E-state index is 12.6. The first-order chi connectivity index (χ1) is 12.5. The zero-order chi connectivity index (χ0) is 18.3. The topological polar surface area (TPSA) is 59.2 Å². The van der Waals surface area contributed by atoms with Crippen molar-refractivity contribution in [2.45, 2.75) is 26.2 Å². The minimum atomic E-state index is -0.110. The molecule has 3 aromatic rings. The number of hydrogen-bond acceptors (Lipinski definition) is 4. The van der Waals surface area contributed by atoms with Gasteiger partial charge in [-0.3, -0.25) is 4.79 Å². The summed E-state index contributed by atoms with van der Waals surface area (Å²) in [5.41, 5.74) is 3.78. The van der Waals surface area contributed by atoms with Gasteiger partial charge < -0.3 is 9.42 Å². The van der Waals surface area contributed by atoms with Gasteiger partial charge >= 0.3 is 0 Å². The molecule has 1 unspecified atom stereocenters. The van der Waals surface area contributed by atoms with Crippen molar-refractivity contribution in [2.24, 2.45) is 0 Å². The molecule has 0 saturated carbocycles. The largest absolute Gasteiger partial charge is 0.334 e. The molecule has 1 aliphatic rings. The summed E-state index contributed by atoms with van der Waals surface area (Å²) in [5, 5.41) is 4.68. The third-order valence-corrected chi connectivity index (χ3v) is 4.99. The van der Waals surface area contributed by atoms with Crippen LogP contribution in [0.15, 0.2) is 47.0 Å². The molecule has 2 heterocycles. The molecule has 1 aromatic heterocycles. The van der Waals surface area contributed by atoms with Gasteiger partial charge in [-0.05, 0) is 37.6 Å². The van der Waals surface area contributed by atoms with Crippen molar-refractivity contribution in [3.63, 3.8) is 0 Å². The highest BCUT2D eigenvalue weighted by Crippen LogP contribution is 2.36. The van der Waals surface area contributed by atoms with Crippen LogP contribution in [0.2, 0.25) is 5.02 Å². The minimum absolute atomic E-state index is 0.0212. The number of amides is 1. The van der Waals surface area contributed by atoms with Crippen LogP contribution in [0.4, 0.5) is 5.69 Å². The van der Waals surface area contributed by atoms with Gasteiger partial charge in [0.25, 0.3) is 5.89 Å². The van der Waals surface area contributed by atoms with Gasteiger partial charge in [0, 0.05) is 24.4 Å². The predicted molar refractivity (Wildman–Crippen MR) is 100 cm³/mol. The van der Waals surface area contributed by atoms with E-state index >= 15 is 0 Å². The van der Waals surface area contributed by atoms with E-state index in [4.69, 9.17) is 16.1 Å². The number of benzene rings is 2. The molecule has 1 saturated heterocycles. The summed E-state index contributed by atoms with van der Waals surface area (Å²) in [5.74, 6) is 0.940. The second-order valence-corrected chi connectivity index (χ2v) is 7.04. The molecule has 0 spiro atoms. The Bertz CT molecular complexity index is 945. The smallest absolute Gasteiger partial charge is 0.257 e. The predicted octanol–water partition coefficient (Wildman–Crippen LogP) is 4.53. The SMILES string of the molecule is Cc1ccc(-c2nc(C3CC(=O)N(c4c(C)cccc4Cl)C3)no2)cc1. The summed E-state index contributed by atoms with van der Waals surface area (Å²) >= 11 is 6.32. The lowest BCUT2D eigenvalue weighted by Crippen LogP contribution is -2.25. The highest BCUT2D eigenvalue weighted by atomic mass is 35.5. The van der Waals surface area contributed by atoms with Crippen LogP contribution in [-0.4, -0.2) is 22.6 Å². The molecule has 5 nitrogen and oxygen atoms in total. The molecule has 1 fully saturated rings. The lowest BCUT2D eigenvalue weighted by atomic mass is 10.1. The molecule has 0 N–H and O–H groups in total. The van der Waals surface area contributed by atoms with Crippen molar-refractivity contribution in [2.75, 3.05) is 11.4 Å². The normalized spacial score (nSPS) is 17.1. The number of nitrogens with zero attached hydrogens (tertiary/aromatic N) is 3. The first kappa shape index (κ1) is 16.8. The molecule has 6 heteroatoms. The van der Waals surface area contributed by atoms with E-state index in [0.29, 0.717) is 29.7 Å². The number of halogens is 1. The van der Waals surface area contributed by atoms with Crippen molar-refractivity contribution < 1.29 is 9.32 Å². The Hall–Kier alpha value is -2.66. The molecule has 0 bridgehead atoms. The van der Waals surface area contributed by atoms with E-state index in [-0.39, 0.29) is 11.8 Å². The number of para-hydroxylation sites is 1. The molecule has 26 heavy (non-hydrogen) atoms. The molecule has 1 amide bonds. The molecule has 2 aromatic carbocycles. The summed E-state index contributed by atoms with van der Waals surface area (Å²) in [7, 11) is 0. The number of hydrogen-bond donors (Lipinski definition) is 0. The van der Waals surface area contributed by atoms with E-state index in [0.717, 1.165) is 16.8 Å². The van der Waals surface area contributed by atoms with Gasteiger partial charge in [0.1, 0.15) is 0 Å². The Morgan fingerprint density at radius 3 is 2.65 bits per heavy atom. The highest BCUT2D eigenvalue weighted by Gasteiger charge is 2.36. The lowest BCUT2D eigenvalue weighted by Gasteiger charge is -2.20. The van der Waals surface area contributed by atoms with E-state index in [2.05, 4.69) is 10.1 Å². The standard InChI is InChI=1S/C20H18ClN3O2/c1-12-6-8-14(9-7-12)20-22-19(23-26-20)15-10-17(25)24(11-15)18-13(2)4-3-5-16(18)21/h3-9,15H,10-11H2,1-2H3. The van der Waals surface area contributed by atoms with Crippen LogP contribution >= 0.6 is 11.6 Å². The van der Waals surface area contributed by atoms with Gasteiger partial charge in [-0.15, -0.1) is 0 Å². The molecular formula is C20H18ClN3O2. The van der Waals surface area contributed by atoms with E-state index in [1.165, 1.54) is 5.56 Å². The maximum Gasteiger partial charge on any atom is 0.257 e. The molecule has 0 aliphatic carbocycles. The summed E-state index contributed by atoms with van der Waals surface area (Å²) in [6.45, 7) is 4.47. The average Bonchev–Trinajstić information content (AvgIpc) is 3.23. The summed E-state index contributed by atoms with van der Waals surface area (Å²) in [4.78, 5) is 18.8. The first-order valence-corrected chi connectivity index (χ1v) is 8.87. The summed E-state index contributed by atoms with van der Waals surface area (Å²) < 4.78 is 5.41. The van der Waals surface area contributed by atoms with Crippen molar-refractivity contribution in [1.82, 2.24) is 10.1 Å². The number of carbonyl (C=O) groups excluding carboxylic acids is 1. The molecule has 132 valence electrons. The van der Waals surface area contributed by atoms with Crippen LogP contribution in [0.3, 0.4) is 0 Å². The van der Waals surface area contributed by atoms with Gasteiger partial charge in [-0.1, -0.05) is 46.6 Å². The zero-order valence-electron chi connectivity index (χ0n) is 14.6. The third kappa shape index (κ3) is 2.99. The molecule has 0 radical (unpaired) electrons. The van der Waals surface area contributed by atoms with Gasteiger partial charge in [-0.25, -0.2) is 0 Å². The molecule has 1 atom stereocenters. The Morgan fingerprint density at radius 2 is 1.92 bits per heavy atom. The fourth-order valence-electron chi connectivity index (χ4n) is 3.28. The van der Waals surface area contributed by atoms with Crippen LogP contribution in [0.5, 0.6) is 0 Å². The number of carbonyl (C=O) groups is 1. The van der Waals surface area contributed by atoms with Crippen LogP contribution in [-0.2, 0) is 4.79 Å². The summed E-state index contributed by atoms with van der Waals surface area (Å²) in [6, 6.07) is 13.5. The van der Waals surface area contributed by atoms with E-state index < -0.39 is 0 Å². The van der Waals surface area contributed by atoms with Crippen molar-refractivity contribution in [1.29, 1.82) is 0 Å². The Kier molecular flexibility index (Phi) is 4.24.